The van der Waals surface area contributed by atoms with E-state index in [9.17, 15) is 14.0 Å². The lowest BCUT2D eigenvalue weighted by atomic mass is 10.2. The second-order valence-corrected chi connectivity index (χ2v) is 5.19. The van der Waals surface area contributed by atoms with Crippen LogP contribution in [0.4, 0.5) is 4.39 Å². The van der Waals surface area contributed by atoms with E-state index >= 15 is 0 Å². The molecule has 2 rings (SSSR count). The third-order valence-corrected chi connectivity index (χ3v) is 3.32. The fraction of sp³-hybridized carbons (Fsp3) is 0.375. The van der Waals surface area contributed by atoms with E-state index in [0.717, 1.165) is 12.8 Å². The first-order chi connectivity index (χ1) is 10.0. The summed E-state index contributed by atoms with van der Waals surface area (Å²) in [5, 5.41) is 2.79. The highest BCUT2D eigenvalue weighted by molar-refractivity contribution is 5.89. The maximum absolute atomic E-state index is 12.9. The molecular weight excluding hydrogens is 273 g/mol. The standard InChI is InChI=1S/C16H18FNO3/c1-11(13-6-7-13)18-15(19)10-21-16(20)8-5-12-3-2-4-14(17)9-12/h2-5,8-9,11,13H,6-7,10H2,1H3,(H,18,19)/b8-5+/t11-/m1/s1. The molecule has 21 heavy (non-hydrogen) atoms. The maximum Gasteiger partial charge on any atom is 0.331 e. The average molecular weight is 291 g/mol. The zero-order chi connectivity index (χ0) is 15.2. The first kappa shape index (κ1) is 15.2. The summed E-state index contributed by atoms with van der Waals surface area (Å²) in [6, 6.07) is 5.96. The van der Waals surface area contributed by atoms with Crippen molar-refractivity contribution in [3.05, 3.63) is 41.7 Å². The van der Waals surface area contributed by atoms with Crippen molar-refractivity contribution in [1.82, 2.24) is 5.32 Å². The highest BCUT2D eigenvalue weighted by atomic mass is 19.1. The Bertz CT molecular complexity index is 552. The van der Waals surface area contributed by atoms with Crippen LogP contribution >= 0.6 is 0 Å². The Hall–Kier alpha value is -2.17. The molecule has 0 bridgehead atoms. The summed E-state index contributed by atoms with van der Waals surface area (Å²) in [6.07, 6.45) is 4.89. The third-order valence-electron chi connectivity index (χ3n) is 3.32. The van der Waals surface area contributed by atoms with Gasteiger partial charge in [-0.2, -0.15) is 0 Å². The molecular formula is C16H18FNO3. The van der Waals surface area contributed by atoms with E-state index in [1.807, 2.05) is 6.92 Å². The summed E-state index contributed by atoms with van der Waals surface area (Å²) in [7, 11) is 0. The van der Waals surface area contributed by atoms with Gasteiger partial charge in [-0.05, 0) is 49.5 Å². The molecule has 112 valence electrons. The van der Waals surface area contributed by atoms with Crippen LogP contribution in [-0.4, -0.2) is 24.5 Å². The van der Waals surface area contributed by atoms with Gasteiger partial charge in [0, 0.05) is 12.1 Å². The van der Waals surface area contributed by atoms with Crippen LogP contribution in [0, 0.1) is 11.7 Å². The van der Waals surface area contributed by atoms with E-state index in [-0.39, 0.29) is 24.4 Å². The van der Waals surface area contributed by atoms with Crippen molar-refractivity contribution in [2.24, 2.45) is 5.92 Å². The number of amides is 1. The molecule has 5 heteroatoms. The zero-order valence-corrected chi connectivity index (χ0v) is 11.8. The van der Waals surface area contributed by atoms with Crippen LogP contribution in [0.5, 0.6) is 0 Å². The van der Waals surface area contributed by atoms with Gasteiger partial charge in [-0.25, -0.2) is 9.18 Å². The molecule has 0 unspecified atom stereocenters. The van der Waals surface area contributed by atoms with E-state index in [2.05, 4.69) is 5.32 Å². The molecule has 1 aromatic carbocycles. The van der Waals surface area contributed by atoms with Gasteiger partial charge in [-0.3, -0.25) is 4.79 Å². The summed E-state index contributed by atoms with van der Waals surface area (Å²) >= 11 is 0. The molecule has 1 saturated carbocycles. The minimum Gasteiger partial charge on any atom is -0.452 e. The van der Waals surface area contributed by atoms with Crippen LogP contribution in [0.2, 0.25) is 0 Å². The van der Waals surface area contributed by atoms with Gasteiger partial charge in [0.2, 0.25) is 0 Å². The molecule has 1 N–H and O–H groups in total. The average Bonchev–Trinajstić information content (AvgIpc) is 3.27. The van der Waals surface area contributed by atoms with Crippen LogP contribution in [0.15, 0.2) is 30.3 Å². The van der Waals surface area contributed by atoms with E-state index in [4.69, 9.17) is 4.74 Å². The highest BCUT2D eigenvalue weighted by Crippen LogP contribution is 2.32. The van der Waals surface area contributed by atoms with Crippen molar-refractivity contribution >= 4 is 18.0 Å². The predicted molar refractivity (Wildman–Crippen MR) is 76.7 cm³/mol. The van der Waals surface area contributed by atoms with Gasteiger partial charge < -0.3 is 10.1 Å². The molecule has 1 aliphatic carbocycles. The Labute approximate surface area is 123 Å². The number of ether oxygens (including phenoxy) is 1. The molecule has 1 fully saturated rings. The smallest absolute Gasteiger partial charge is 0.331 e. The van der Waals surface area contributed by atoms with Crippen LogP contribution < -0.4 is 5.32 Å². The van der Waals surface area contributed by atoms with E-state index in [1.54, 1.807) is 12.1 Å². The van der Waals surface area contributed by atoms with Crippen molar-refractivity contribution in [2.75, 3.05) is 6.61 Å². The number of carbonyl (C=O) groups excluding carboxylic acids is 2. The van der Waals surface area contributed by atoms with Gasteiger partial charge in [0.15, 0.2) is 6.61 Å². The normalized spacial score (nSPS) is 15.7. The molecule has 1 amide bonds. The summed E-state index contributed by atoms with van der Waals surface area (Å²) in [5.41, 5.74) is 0.554. The van der Waals surface area contributed by atoms with Crippen LogP contribution in [-0.2, 0) is 14.3 Å². The Morgan fingerprint density at radius 1 is 1.48 bits per heavy atom. The van der Waals surface area contributed by atoms with Crippen LogP contribution in [0.3, 0.4) is 0 Å². The molecule has 0 spiro atoms. The van der Waals surface area contributed by atoms with E-state index in [1.165, 1.54) is 24.3 Å². The summed E-state index contributed by atoms with van der Waals surface area (Å²) in [5.74, 6) is -0.758. The fourth-order valence-corrected chi connectivity index (χ4v) is 1.97. The minimum atomic E-state index is -0.631. The molecule has 0 aliphatic heterocycles. The minimum absolute atomic E-state index is 0.124. The first-order valence-electron chi connectivity index (χ1n) is 6.94. The number of esters is 1. The highest BCUT2D eigenvalue weighted by Gasteiger charge is 2.28. The lowest BCUT2D eigenvalue weighted by Gasteiger charge is -2.12. The van der Waals surface area contributed by atoms with Crippen LogP contribution in [0.25, 0.3) is 6.08 Å². The monoisotopic (exact) mass is 291 g/mol. The second-order valence-electron chi connectivity index (χ2n) is 5.19. The van der Waals surface area contributed by atoms with Crippen molar-refractivity contribution in [3.8, 4) is 0 Å². The van der Waals surface area contributed by atoms with Gasteiger partial charge in [0.25, 0.3) is 5.91 Å². The largest absolute Gasteiger partial charge is 0.452 e. The van der Waals surface area contributed by atoms with Gasteiger partial charge >= 0.3 is 5.97 Å². The van der Waals surface area contributed by atoms with Gasteiger partial charge in [0.1, 0.15) is 5.82 Å². The Kier molecular flexibility index (Phi) is 5.09. The summed E-state index contributed by atoms with van der Waals surface area (Å²) in [6.45, 7) is 1.64. The molecule has 1 aromatic rings. The molecule has 0 radical (unpaired) electrons. The van der Waals surface area contributed by atoms with Gasteiger partial charge in [-0.15, -0.1) is 0 Å². The Morgan fingerprint density at radius 2 is 2.24 bits per heavy atom. The number of carbonyl (C=O) groups is 2. The predicted octanol–water partition coefficient (Wildman–Crippen LogP) is 2.30. The summed E-state index contributed by atoms with van der Waals surface area (Å²) < 4.78 is 17.8. The van der Waals surface area contributed by atoms with Gasteiger partial charge in [0.05, 0.1) is 0 Å². The molecule has 1 aliphatic rings. The number of hydrogen-bond acceptors (Lipinski definition) is 3. The number of halogens is 1. The fourth-order valence-electron chi connectivity index (χ4n) is 1.97. The van der Waals surface area contributed by atoms with Crippen molar-refractivity contribution in [1.29, 1.82) is 0 Å². The number of nitrogens with one attached hydrogen (secondary N) is 1. The second kappa shape index (κ2) is 7.02. The summed E-state index contributed by atoms with van der Waals surface area (Å²) in [4.78, 5) is 23.0. The van der Waals surface area contributed by atoms with Crippen LogP contribution in [0.1, 0.15) is 25.3 Å². The SMILES string of the molecule is C[C@@H](NC(=O)COC(=O)/C=C/c1cccc(F)c1)C1CC1. The number of hydrogen-bond donors (Lipinski definition) is 1. The molecule has 4 nitrogen and oxygen atoms in total. The van der Waals surface area contributed by atoms with Crippen molar-refractivity contribution < 1.29 is 18.7 Å². The number of benzene rings is 1. The molecule has 0 aromatic heterocycles. The number of rotatable bonds is 6. The third kappa shape index (κ3) is 5.38. The van der Waals surface area contributed by atoms with Crippen molar-refractivity contribution in [2.45, 2.75) is 25.8 Å². The molecule has 0 saturated heterocycles. The maximum atomic E-state index is 12.9. The molecule has 1 atom stereocenters. The Morgan fingerprint density at radius 3 is 2.90 bits per heavy atom. The lowest BCUT2D eigenvalue weighted by molar-refractivity contribution is -0.144. The first-order valence-corrected chi connectivity index (χ1v) is 6.94. The Balaban J connectivity index is 1.72. The van der Waals surface area contributed by atoms with Gasteiger partial charge in [-0.1, -0.05) is 12.1 Å². The lowest BCUT2D eigenvalue weighted by Crippen LogP contribution is -2.36. The van der Waals surface area contributed by atoms with Crippen molar-refractivity contribution in [3.63, 3.8) is 0 Å². The topological polar surface area (TPSA) is 55.4 Å². The molecule has 0 heterocycles. The zero-order valence-electron chi connectivity index (χ0n) is 11.8. The van der Waals surface area contributed by atoms with E-state index < -0.39 is 5.97 Å². The quantitative estimate of drug-likeness (QED) is 0.646. The van der Waals surface area contributed by atoms with E-state index in [0.29, 0.717) is 11.5 Å².